The molecule has 0 spiro atoms. The first-order valence-electron chi connectivity index (χ1n) is 3.02. The molecular formula is C6H8BrNO3. The molecule has 1 rings (SSSR count). The quantitative estimate of drug-likeness (QED) is 0.627. The summed E-state index contributed by atoms with van der Waals surface area (Å²) < 4.78 is 9.55. The van der Waals surface area contributed by atoms with Crippen molar-refractivity contribution in [3.8, 4) is 0 Å². The number of rotatable bonds is 1. The average molecular weight is 222 g/mol. The van der Waals surface area contributed by atoms with E-state index in [2.05, 4.69) is 20.7 Å². The fourth-order valence-corrected chi connectivity index (χ4v) is 1.00. The van der Waals surface area contributed by atoms with Crippen molar-refractivity contribution in [1.29, 1.82) is 0 Å². The molecule has 0 radical (unpaired) electrons. The third-order valence-corrected chi connectivity index (χ3v) is 1.78. The molecule has 0 unspecified atom stereocenters. The van der Waals surface area contributed by atoms with Crippen molar-refractivity contribution in [2.75, 3.05) is 19.2 Å². The van der Waals surface area contributed by atoms with Gasteiger partial charge in [-0.2, -0.15) is 0 Å². The Morgan fingerprint density at radius 3 is 3.18 bits per heavy atom. The molecule has 0 aromatic carbocycles. The van der Waals surface area contributed by atoms with E-state index in [0.29, 0.717) is 5.33 Å². The van der Waals surface area contributed by atoms with Crippen molar-refractivity contribution < 1.29 is 14.3 Å². The average Bonchev–Trinajstić information content (AvgIpc) is 2.50. The van der Waals surface area contributed by atoms with Crippen LogP contribution in [0.1, 0.15) is 0 Å². The number of amides is 1. The number of halogens is 1. The molecular weight excluding hydrogens is 214 g/mol. The van der Waals surface area contributed by atoms with Gasteiger partial charge in [0.05, 0.1) is 18.6 Å². The third kappa shape index (κ3) is 1.86. The maximum Gasteiger partial charge on any atom is 0.416 e. The highest BCUT2D eigenvalue weighted by Crippen LogP contribution is 2.13. The van der Waals surface area contributed by atoms with Gasteiger partial charge in [-0.3, -0.25) is 0 Å². The topological polar surface area (TPSA) is 38.8 Å². The SMILES string of the molecule is COC(=O)N1C=C(CBr)OC1. The number of nitrogens with zero attached hydrogens (tertiary/aromatic N) is 1. The summed E-state index contributed by atoms with van der Waals surface area (Å²) in [7, 11) is 1.34. The number of hydrogen-bond acceptors (Lipinski definition) is 3. The van der Waals surface area contributed by atoms with E-state index in [1.165, 1.54) is 12.0 Å². The van der Waals surface area contributed by atoms with Crippen LogP contribution in [0.15, 0.2) is 12.0 Å². The summed E-state index contributed by atoms with van der Waals surface area (Å²) in [5.74, 6) is 0.732. The lowest BCUT2D eigenvalue weighted by atomic mass is 10.6. The minimum Gasteiger partial charge on any atom is -0.474 e. The Bertz CT molecular complexity index is 192. The monoisotopic (exact) mass is 221 g/mol. The molecule has 11 heavy (non-hydrogen) atoms. The second-order valence-corrected chi connectivity index (χ2v) is 2.50. The van der Waals surface area contributed by atoms with E-state index < -0.39 is 6.09 Å². The number of hydrogen-bond donors (Lipinski definition) is 0. The number of allylic oxidation sites excluding steroid dienone is 1. The van der Waals surface area contributed by atoms with Gasteiger partial charge in [-0.05, 0) is 0 Å². The Hall–Kier alpha value is -0.710. The predicted octanol–water partition coefficient (Wildman–Crippen LogP) is 1.28. The fraction of sp³-hybridized carbons (Fsp3) is 0.500. The number of alkyl halides is 1. The Kier molecular flexibility index (Phi) is 2.76. The van der Waals surface area contributed by atoms with E-state index in [0.717, 1.165) is 5.76 Å². The molecule has 5 heteroatoms. The normalized spacial score (nSPS) is 15.8. The van der Waals surface area contributed by atoms with Crippen molar-refractivity contribution in [2.24, 2.45) is 0 Å². The van der Waals surface area contributed by atoms with Crippen LogP contribution in [0.2, 0.25) is 0 Å². The largest absolute Gasteiger partial charge is 0.474 e. The van der Waals surface area contributed by atoms with Gasteiger partial charge in [-0.1, -0.05) is 15.9 Å². The molecule has 4 nitrogen and oxygen atoms in total. The molecule has 1 aliphatic heterocycles. The summed E-state index contributed by atoms with van der Waals surface area (Å²) in [6.07, 6.45) is 1.21. The second kappa shape index (κ2) is 3.61. The lowest BCUT2D eigenvalue weighted by molar-refractivity contribution is 0.107. The molecule has 1 heterocycles. The molecule has 0 aliphatic carbocycles. The number of carbonyl (C=O) groups excluding carboxylic acids is 1. The van der Waals surface area contributed by atoms with Gasteiger partial charge in [0.15, 0.2) is 6.73 Å². The molecule has 0 aromatic rings. The molecule has 1 aliphatic rings. The molecule has 1 amide bonds. The Morgan fingerprint density at radius 2 is 2.73 bits per heavy atom. The number of methoxy groups -OCH3 is 1. The number of ether oxygens (including phenoxy) is 2. The van der Waals surface area contributed by atoms with Gasteiger partial charge in [0, 0.05) is 0 Å². The molecule has 0 saturated heterocycles. The van der Waals surface area contributed by atoms with Gasteiger partial charge in [-0.25, -0.2) is 9.69 Å². The van der Waals surface area contributed by atoms with E-state index in [9.17, 15) is 4.79 Å². The maximum absolute atomic E-state index is 10.8. The summed E-state index contributed by atoms with van der Waals surface area (Å²) in [6, 6.07) is 0. The number of carbonyl (C=O) groups is 1. The Balaban J connectivity index is 2.52. The van der Waals surface area contributed by atoms with Crippen molar-refractivity contribution in [1.82, 2.24) is 4.90 Å². The first-order valence-corrected chi connectivity index (χ1v) is 4.14. The maximum atomic E-state index is 10.8. The predicted molar refractivity (Wildman–Crippen MR) is 42.1 cm³/mol. The van der Waals surface area contributed by atoms with Crippen LogP contribution in [-0.4, -0.2) is 30.2 Å². The fourth-order valence-electron chi connectivity index (χ4n) is 0.697. The van der Waals surface area contributed by atoms with Crippen molar-refractivity contribution in [3.05, 3.63) is 12.0 Å². The minimum absolute atomic E-state index is 0.244. The summed E-state index contributed by atoms with van der Waals surface area (Å²) in [6.45, 7) is 0.244. The molecule has 0 fully saturated rings. The first kappa shape index (κ1) is 8.39. The van der Waals surface area contributed by atoms with Gasteiger partial charge < -0.3 is 9.47 Å². The van der Waals surface area contributed by atoms with Crippen LogP contribution in [0.5, 0.6) is 0 Å². The standard InChI is InChI=1S/C6H8BrNO3/c1-10-6(9)8-3-5(2-7)11-4-8/h3H,2,4H2,1H3. The van der Waals surface area contributed by atoms with Gasteiger partial charge in [0.1, 0.15) is 5.76 Å². The van der Waals surface area contributed by atoms with Crippen LogP contribution in [-0.2, 0) is 9.47 Å². The van der Waals surface area contributed by atoms with Crippen molar-refractivity contribution >= 4 is 22.0 Å². The summed E-state index contributed by atoms with van der Waals surface area (Å²) in [4.78, 5) is 12.2. The van der Waals surface area contributed by atoms with Gasteiger partial charge in [0.25, 0.3) is 0 Å². The Labute approximate surface area is 72.9 Å². The lowest BCUT2D eigenvalue weighted by Crippen LogP contribution is -2.23. The van der Waals surface area contributed by atoms with E-state index >= 15 is 0 Å². The highest BCUT2D eigenvalue weighted by atomic mass is 79.9. The first-order chi connectivity index (χ1) is 5.27. The van der Waals surface area contributed by atoms with E-state index in [1.807, 2.05) is 0 Å². The Morgan fingerprint density at radius 1 is 2.00 bits per heavy atom. The third-order valence-electron chi connectivity index (χ3n) is 1.23. The summed E-state index contributed by atoms with van der Waals surface area (Å²) >= 11 is 3.20. The van der Waals surface area contributed by atoms with E-state index in [4.69, 9.17) is 4.74 Å². The highest BCUT2D eigenvalue weighted by molar-refractivity contribution is 9.09. The van der Waals surface area contributed by atoms with E-state index in [-0.39, 0.29) is 6.73 Å². The van der Waals surface area contributed by atoms with Crippen molar-refractivity contribution in [3.63, 3.8) is 0 Å². The zero-order chi connectivity index (χ0) is 8.27. The molecule has 0 saturated carbocycles. The molecule has 0 atom stereocenters. The van der Waals surface area contributed by atoms with Crippen LogP contribution < -0.4 is 0 Å². The molecule has 0 N–H and O–H groups in total. The van der Waals surface area contributed by atoms with Gasteiger partial charge in [0.2, 0.25) is 0 Å². The van der Waals surface area contributed by atoms with Crippen LogP contribution in [0.25, 0.3) is 0 Å². The van der Waals surface area contributed by atoms with Gasteiger partial charge >= 0.3 is 6.09 Å². The summed E-state index contributed by atoms with van der Waals surface area (Å²) in [5.41, 5.74) is 0. The van der Waals surface area contributed by atoms with Gasteiger partial charge in [-0.15, -0.1) is 0 Å². The van der Waals surface area contributed by atoms with E-state index in [1.54, 1.807) is 6.20 Å². The molecule has 0 bridgehead atoms. The van der Waals surface area contributed by atoms with Crippen LogP contribution >= 0.6 is 15.9 Å². The van der Waals surface area contributed by atoms with Crippen LogP contribution in [0.3, 0.4) is 0 Å². The second-order valence-electron chi connectivity index (χ2n) is 1.94. The highest BCUT2D eigenvalue weighted by Gasteiger charge is 2.18. The zero-order valence-corrected chi connectivity index (χ0v) is 7.63. The molecule has 62 valence electrons. The summed E-state index contributed by atoms with van der Waals surface area (Å²) in [5, 5.41) is 0.612. The minimum atomic E-state index is -0.402. The van der Waals surface area contributed by atoms with Crippen LogP contribution in [0, 0.1) is 0 Å². The zero-order valence-electron chi connectivity index (χ0n) is 6.04. The van der Waals surface area contributed by atoms with Crippen molar-refractivity contribution in [2.45, 2.75) is 0 Å². The van der Waals surface area contributed by atoms with Crippen LogP contribution in [0.4, 0.5) is 4.79 Å². The smallest absolute Gasteiger partial charge is 0.416 e. The lowest BCUT2D eigenvalue weighted by Gasteiger charge is -2.07. The molecule has 0 aromatic heterocycles.